The fourth-order valence-corrected chi connectivity index (χ4v) is 2.08. The predicted octanol–water partition coefficient (Wildman–Crippen LogP) is 3.67. The monoisotopic (exact) mass is 294 g/mol. The van der Waals surface area contributed by atoms with E-state index in [1.54, 1.807) is 38.1 Å². The lowest BCUT2D eigenvalue weighted by Crippen LogP contribution is -2.22. The molecule has 0 radical (unpaired) electrons. The van der Waals surface area contributed by atoms with Crippen LogP contribution >= 0.6 is 0 Å². The van der Waals surface area contributed by atoms with Crippen molar-refractivity contribution in [1.82, 2.24) is 0 Å². The molecule has 0 bridgehead atoms. The van der Waals surface area contributed by atoms with E-state index in [4.69, 9.17) is 15.9 Å². The molecule has 2 aromatic rings. The Labute approximate surface area is 129 Å². The van der Waals surface area contributed by atoms with E-state index in [0.717, 1.165) is 11.3 Å². The second-order valence-corrected chi connectivity index (χ2v) is 5.05. The predicted molar refractivity (Wildman–Crippen MR) is 87.4 cm³/mol. The highest BCUT2D eigenvalue weighted by Gasteiger charge is 2.15. The number of hydrogen-bond acceptors (Lipinski definition) is 3. The number of nitrogens with one attached hydrogen (secondary N) is 1. The number of rotatable bonds is 5. The van der Waals surface area contributed by atoms with Crippen molar-refractivity contribution >= 4 is 11.6 Å². The maximum atomic E-state index is 11.5. The van der Waals surface area contributed by atoms with Crippen molar-refractivity contribution in [2.75, 3.05) is 0 Å². The standard InChI is InChI=1S/C18H18N2O2/c1-12(2)16(18(20)21)17(19)13-8-10-15(11-9-13)22-14-6-4-3-5-7-14/h3-11,19H,1-2H3,(H2,20,21). The quantitative estimate of drug-likeness (QED) is 0.652. The van der Waals surface area contributed by atoms with Gasteiger partial charge >= 0.3 is 0 Å². The fourth-order valence-electron chi connectivity index (χ4n) is 2.08. The zero-order valence-corrected chi connectivity index (χ0v) is 12.6. The number of carbonyl (C=O) groups is 1. The van der Waals surface area contributed by atoms with E-state index in [2.05, 4.69) is 0 Å². The number of ether oxygens (including phenoxy) is 1. The van der Waals surface area contributed by atoms with Gasteiger partial charge in [-0.1, -0.05) is 23.8 Å². The van der Waals surface area contributed by atoms with Gasteiger partial charge in [0.15, 0.2) is 0 Å². The lowest BCUT2D eigenvalue weighted by molar-refractivity contribution is -0.114. The van der Waals surface area contributed by atoms with Crippen molar-refractivity contribution in [1.29, 1.82) is 5.41 Å². The molecule has 0 spiro atoms. The van der Waals surface area contributed by atoms with E-state index >= 15 is 0 Å². The van der Waals surface area contributed by atoms with Crippen LogP contribution in [-0.2, 0) is 4.79 Å². The van der Waals surface area contributed by atoms with Crippen LogP contribution in [0, 0.1) is 5.41 Å². The Hall–Kier alpha value is -2.88. The minimum Gasteiger partial charge on any atom is -0.457 e. The molecule has 0 atom stereocenters. The summed E-state index contributed by atoms with van der Waals surface area (Å²) in [5.41, 5.74) is 7.06. The first kappa shape index (κ1) is 15.5. The number of allylic oxidation sites excluding steroid dienone is 1. The van der Waals surface area contributed by atoms with Crippen LogP contribution in [0.1, 0.15) is 19.4 Å². The molecule has 4 heteroatoms. The average Bonchev–Trinajstić information content (AvgIpc) is 2.48. The van der Waals surface area contributed by atoms with Gasteiger partial charge in [0, 0.05) is 5.56 Å². The van der Waals surface area contributed by atoms with Crippen molar-refractivity contribution in [3.63, 3.8) is 0 Å². The first-order valence-corrected chi connectivity index (χ1v) is 6.88. The second kappa shape index (κ2) is 6.72. The highest BCUT2D eigenvalue weighted by molar-refractivity contribution is 6.26. The third-order valence-corrected chi connectivity index (χ3v) is 3.12. The van der Waals surface area contributed by atoms with Crippen LogP contribution in [-0.4, -0.2) is 11.6 Å². The van der Waals surface area contributed by atoms with Gasteiger partial charge in [-0.15, -0.1) is 0 Å². The van der Waals surface area contributed by atoms with Crippen LogP contribution < -0.4 is 10.5 Å². The number of hydrogen-bond donors (Lipinski definition) is 2. The summed E-state index contributed by atoms with van der Waals surface area (Å²) in [4.78, 5) is 11.5. The molecule has 0 aliphatic carbocycles. The summed E-state index contributed by atoms with van der Waals surface area (Å²) in [5, 5.41) is 8.14. The maximum Gasteiger partial charge on any atom is 0.250 e. The fraction of sp³-hybridized carbons (Fsp3) is 0.111. The lowest BCUT2D eigenvalue weighted by atomic mass is 9.98. The number of nitrogens with two attached hydrogens (primary N) is 1. The lowest BCUT2D eigenvalue weighted by Gasteiger charge is -2.10. The Bertz CT molecular complexity index is 713. The molecule has 0 saturated heterocycles. The van der Waals surface area contributed by atoms with Gasteiger partial charge in [0.1, 0.15) is 11.5 Å². The summed E-state index contributed by atoms with van der Waals surface area (Å²) >= 11 is 0. The number of para-hydroxylation sites is 1. The maximum absolute atomic E-state index is 11.5. The van der Waals surface area contributed by atoms with Crippen LogP contribution in [0.5, 0.6) is 11.5 Å². The van der Waals surface area contributed by atoms with E-state index in [0.29, 0.717) is 11.3 Å². The summed E-state index contributed by atoms with van der Waals surface area (Å²) in [6.07, 6.45) is 0. The number of carbonyl (C=O) groups excluding carboxylic acids is 1. The molecule has 0 unspecified atom stereocenters. The number of benzene rings is 2. The van der Waals surface area contributed by atoms with Crippen LogP contribution in [0.25, 0.3) is 0 Å². The molecule has 112 valence electrons. The van der Waals surface area contributed by atoms with Crippen molar-refractivity contribution in [3.8, 4) is 11.5 Å². The smallest absolute Gasteiger partial charge is 0.250 e. The molecule has 0 heterocycles. The van der Waals surface area contributed by atoms with Crippen molar-refractivity contribution < 1.29 is 9.53 Å². The summed E-state index contributed by atoms with van der Waals surface area (Å²) in [6.45, 7) is 3.53. The van der Waals surface area contributed by atoms with E-state index in [9.17, 15) is 4.79 Å². The van der Waals surface area contributed by atoms with Gasteiger partial charge < -0.3 is 10.5 Å². The van der Waals surface area contributed by atoms with E-state index in [-0.39, 0.29) is 11.3 Å². The SMILES string of the molecule is CC(C)=C(C(=N)c1ccc(Oc2ccccc2)cc1)C(N)=O. The van der Waals surface area contributed by atoms with Crippen molar-refractivity contribution in [2.45, 2.75) is 13.8 Å². The van der Waals surface area contributed by atoms with Crippen LogP contribution in [0.15, 0.2) is 65.7 Å². The van der Waals surface area contributed by atoms with Gasteiger partial charge in [-0.3, -0.25) is 10.2 Å². The molecule has 22 heavy (non-hydrogen) atoms. The third-order valence-electron chi connectivity index (χ3n) is 3.12. The van der Waals surface area contributed by atoms with E-state index < -0.39 is 5.91 Å². The minimum absolute atomic E-state index is 0.124. The van der Waals surface area contributed by atoms with Crippen LogP contribution in [0.4, 0.5) is 0 Å². The van der Waals surface area contributed by atoms with Crippen molar-refractivity contribution in [3.05, 3.63) is 71.3 Å². The molecule has 0 aromatic heterocycles. The Morgan fingerprint density at radius 3 is 2.00 bits per heavy atom. The van der Waals surface area contributed by atoms with E-state index in [1.165, 1.54) is 0 Å². The Morgan fingerprint density at radius 2 is 1.50 bits per heavy atom. The zero-order valence-electron chi connectivity index (χ0n) is 12.6. The topological polar surface area (TPSA) is 76.2 Å². The highest BCUT2D eigenvalue weighted by atomic mass is 16.5. The van der Waals surface area contributed by atoms with E-state index in [1.807, 2.05) is 30.3 Å². The Balaban J connectivity index is 2.20. The van der Waals surface area contributed by atoms with Gasteiger partial charge in [0.2, 0.25) is 0 Å². The van der Waals surface area contributed by atoms with Crippen LogP contribution in [0.2, 0.25) is 0 Å². The van der Waals surface area contributed by atoms with Gasteiger partial charge in [-0.05, 0) is 50.2 Å². The molecule has 2 rings (SSSR count). The zero-order chi connectivity index (χ0) is 16.1. The van der Waals surface area contributed by atoms with Gasteiger partial charge in [0.05, 0.1) is 11.3 Å². The molecule has 0 saturated carbocycles. The summed E-state index contributed by atoms with van der Waals surface area (Å²) in [6, 6.07) is 16.5. The average molecular weight is 294 g/mol. The minimum atomic E-state index is -0.588. The molecule has 4 nitrogen and oxygen atoms in total. The number of primary amides is 1. The molecule has 2 aromatic carbocycles. The summed E-state index contributed by atoms with van der Waals surface area (Å²) in [7, 11) is 0. The first-order chi connectivity index (χ1) is 10.5. The molecular formula is C18H18N2O2. The Kier molecular flexibility index (Phi) is 4.73. The molecule has 0 aliphatic rings. The summed E-state index contributed by atoms with van der Waals surface area (Å²) in [5.74, 6) is 0.822. The number of amides is 1. The van der Waals surface area contributed by atoms with Gasteiger partial charge in [-0.2, -0.15) is 0 Å². The van der Waals surface area contributed by atoms with Crippen molar-refractivity contribution in [2.24, 2.45) is 5.73 Å². The molecule has 0 aliphatic heterocycles. The van der Waals surface area contributed by atoms with Gasteiger partial charge in [0.25, 0.3) is 5.91 Å². The first-order valence-electron chi connectivity index (χ1n) is 6.88. The largest absolute Gasteiger partial charge is 0.457 e. The van der Waals surface area contributed by atoms with Gasteiger partial charge in [-0.25, -0.2) is 0 Å². The highest BCUT2D eigenvalue weighted by Crippen LogP contribution is 2.22. The summed E-state index contributed by atoms with van der Waals surface area (Å²) < 4.78 is 5.69. The molecular weight excluding hydrogens is 276 g/mol. The molecule has 3 N–H and O–H groups in total. The third kappa shape index (κ3) is 3.61. The molecule has 1 amide bonds. The Morgan fingerprint density at radius 1 is 0.955 bits per heavy atom. The normalized spacial score (nSPS) is 9.91. The second-order valence-electron chi connectivity index (χ2n) is 5.05. The molecule has 0 fully saturated rings. The van der Waals surface area contributed by atoms with Crippen LogP contribution in [0.3, 0.4) is 0 Å².